The monoisotopic (exact) mass is 1780 g/mol. The fourth-order valence-corrected chi connectivity index (χ4v) is 27.5. The Morgan fingerprint density at radius 3 is 0.828 bits per heavy atom. The highest BCUT2D eigenvalue weighted by Gasteiger charge is 2.44. The summed E-state index contributed by atoms with van der Waals surface area (Å²) >= 11 is 7.49. The van der Waals surface area contributed by atoms with Crippen LogP contribution in [0.3, 0.4) is 0 Å². The van der Waals surface area contributed by atoms with E-state index in [-0.39, 0.29) is 10.8 Å². The van der Waals surface area contributed by atoms with E-state index in [4.69, 9.17) is 0 Å². The zero-order chi connectivity index (χ0) is 88.8. The Bertz CT molecular complexity index is 9370. The number of para-hydroxylation sites is 4. The SMILES string of the molecule is CC1(C)c2cc(N(c3ccccc3)c3ccc4sc5ccccc5c4c3)c3ccccc3c2-c2c1c1ccc(N(c3ccccc3)c3ccc4sc5ccccc5c4c3)cc1c1ccccc21.CC1(C)c2cc(N(c3ccccc3)c3cccc4c3sc3ccccc34)c3ccccc3c2-c2c1c1ccc(N(c3ccccc3)c3cccc4c3sc3ccccc34)cc1c1ccccc21. The molecular formula is C126H84N4S4. The largest absolute Gasteiger partial charge is 0.310 e. The van der Waals surface area contributed by atoms with E-state index < -0.39 is 0 Å². The number of rotatable bonds is 12. The van der Waals surface area contributed by atoms with Crippen molar-refractivity contribution in [2.45, 2.75) is 38.5 Å². The van der Waals surface area contributed by atoms with Crippen molar-refractivity contribution in [3.63, 3.8) is 0 Å². The Balaban J connectivity index is 0.000000136. The van der Waals surface area contributed by atoms with Crippen LogP contribution in [0.15, 0.2) is 437 Å². The van der Waals surface area contributed by atoms with Crippen LogP contribution in [0.2, 0.25) is 0 Å². The molecule has 0 N–H and O–H groups in total. The predicted octanol–water partition coefficient (Wildman–Crippen LogP) is 38.3. The number of fused-ring (bicyclic) bond motifs is 32. The molecule has 0 radical (unpaired) electrons. The average molecular weight is 1780 g/mol. The summed E-state index contributed by atoms with van der Waals surface area (Å²) in [4.78, 5) is 9.91. The molecule has 0 unspecified atom stereocenters. The Morgan fingerprint density at radius 1 is 0.157 bits per heavy atom. The normalized spacial score (nSPS) is 13.0. The molecule has 0 saturated carbocycles. The van der Waals surface area contributed by atoms with E-state index in [1.54, 1.807) is 0 Å². The summed E-state index contributed by atoms with van der Waals surface area (Å²) < 4.78 is 10.4. The van der Waals surface area contributed by atoms with Gasteiger partial charge in [-0.2, -0.15) is 0 Å². The molecule has 4 nitrogen and oxygen atoms in total. The van der Waals surface area contributed by atoms with Crippen LogP contribution in [0.25, 0.3) is 168 Å². The molecule has 4 heterocycles. The lowest BCUT2D eigenvalue weighted by Crippen LogP contribution is -2.17. The van der Waals surface area contributed by atoms with Gasteiger partial charge in [-0.1, -0.05) is 307 Å². The summed E-state index contributed by atoms with van der Waals surface area (Å²) in [5.41, 5.74) is 24.1. The topological polar surface area (TPSA) is 13.0 Å². The van der Waals surface area contributed by atoms with Crippen LogP contribution >= 0.6 is 45.3 Å². The van der Waals surface area contributed by atoms with E-state index in [1.165, 1.54) is 213 Å². The number of nitrogens with zero attached hydrogens (tertiary/aromatic N) is 4. The van der Waals surface area contributed by atoms with Crippen molar-refractivity contribution in [3.8, 4) is 22.3 Å². The average Bonchev–Trinajstić information content (AvgIpc) is 1.53. The molecule has 632 valence electrons. The molecule has 0 fully saturated rings. The van der Waals surface area contributed by atoms with Gasteiger partial charge >= 0.3 is 0 Å². The van der Waals surface area contributed by atoms with Gasteiger partial charge in [-0.05, 0) is 256 Å². The van der Waals surface area contributed by atoms with Crippen molar-refractivity contribution < 1.29 is 0 Å². The van der Waals surface area contributed by atoms with Crippen molar-refractivity contribution in [3.05, 3.63) is 459 Å². The van der Waals surface area contributed by atoms with Crippen molar-refractivity contribution in [2.75, 3.05) is 19.6 Å². The minimum Gasteiger partial charge on any atom is -0.310 e. The number of hydrogen-bond donors (Lipinski definition) is 0. The second-order valence-electron chi connectivity index (χ2n) is 36.8. The van der Waals surface area contributed by atoms with E-state index in [2.05, 4.69) is 484 Å². The van der Waals surface area contributed by atoms with Crippen LogP contribution in [-0.2, 0) is 10.8 Å². The Hall–Kier alpha value is -15.5. The Morgan fingerprint density at radius 2 is 0.425 bits per heavy atom. The van der Waals surface area contributed by atoms with Gasteiger partial charge in [0.25, 0.3) is 0 Å². The third kappa shape index (κ3) is 12.0. The van der Waals surface area contributed by atoms with Gasteiger partial charge in [0.05, 0.1) is 32.1 Å². The lowest BCUT2D eigenvalue weighted by molar-refractivity contribution is 0.667. The Kier molecular flexibility index (Phi) is 17.8. The Labute approximate surface area is 791 Å². The van der Waals surface area contributed by atoms with Gasteiger partial charge in [-0.15, -0.1) is 45.3 Å². The molecule has 2 aliphatic carbocycles. The van der Waals surface area contributed by atoms with Crippen LogP contribution in [-0.4, -0.2) is 0 Å². The first-order valence-electron chi connectivity index (χ1n) is 46.2. The summed E-state index contributed by atoms with van der Waals surface area (Å²) in [5, 5.41) is 25.7. The third-order valence-electron chi connectivity index (χ3n) is 28.7. The van der Waals surface area contributed by atoms with Crippen LogP contribution in [0.4, 0.5) is 68.2 Å². The van der Waals surface area contributed by atoms with Gasteiger partial charge in [0, 0.05) is 138 Å². The van der Waals surface area contributed by atoms with E-state index in [1.807, 2.05) is 45.3 Å². The predicted molar refractivity (Wildman–Crippen MR) is 583 cm³/mol. The molecule has 0 aliphatic heterocycles. The van der Waals surface area contributed by atoms with Crippen molar-refractivity contribution in [1.82, 2.24) is 0 Å². The van der Waals surface area contributed by atoms with Crippen molar-refractivity contribution in [2.24, 2.45) is 0 Å². The fraction of sp³-hybridized carbons (Fsp3) is 0.0476. The summed E-state index contributed by atoms with van der Waals surface area (Å²) in [6.45, 7) is 9.81. The van der Waals surface area contributed by atoms with Crippen LogP contribution in [0, 0.1) is 0 Å². The fourth-order valence-electron chi connectivity index (χ4n) is 22.9. The number of thiophene rings is 4. The van der Waals surface area contributed by atoms with Gasteiger partial charge in [-0.25, -0.2) is 0 Å². The summed E-state index contributed by atoms with van der Waals surface area (Å²) in [6.07, 6.45) is 0. The first-order valence-corrected chi connectivity index (χ1v) is 49.4. The molecule has 22 aromatic carbocycles. The molecule has 0 amide bonds. The molecule has 0 saturated heterocycles. The number of benzene rings is 22. The molecule has 0 atom stereocenters. The summed E-state index contributed by atoms with van der Waals surface area (Å²) in [5.74, 6) is 0. The van der Waals surface area contributed by atoms with E-state index in [0.717, 1.165) is 45.5 Å². The molecule has 8 heteroatoms. The van der Waals surface area contributed by atoms with Gasteiger partial charge in [0.2, 0.25) is 0 Å². The van der Waals surface area contributed by atoms with E-state index in [0.29, 0.717) is 0 Å². The summed E-state index contributed by atoms with van der Waals surface area (Å²) in [7, 11) is 0. The minimum absolute atomic E-state index is 0.326. The second-order valence-corrected chi connectivity index (χ2v) is 41.0. The van der Waals surface area contributed by atoms with Crippen molar-refractivity contribution >= 4 is 259 Å². The molecule has 0 bridgehead atoms. The van der Waals surface area contributed by atoms with Crippen LogP contribution in [0.5, 0.6) is 0 Å². The third-order valence-corrected chi connectivity index (χ3v) is 33.4. The number of anilines is 12. The first kappa shape index (κ1) is 78.3. The highest BCUT2D eigenvalue weighted by Crippen LogP contribution is 2.63. The second kappa shape index (κ2) is 30.5. The lowest BCUT2D eigenvalue weighted by Gasteiger charge is -2.30. The zero-order valence-corrected chi connectivity index (χ0v) is 77.3. The van der Waals surface area contributed by atoms with Gasteiger partial charge < -0.3 is 19.6 Å². The van der Waals surface area contributed by atoms with Crippen molar-refractivity contribution in [1.29, 1.82) is 0 Å². The highest BCUT2D eigenvalue weighted by atomic mass is 32.1. The highest BCUT2D eigenvalue weighted by molar-refractivity contribution is 7.27. The van der Waals surface area contributed by atoms with Crippen LogP contribution in [0.1, 0.15) is 49.9 Å². The molecule has 28 rings (SSSR count). The maximum atomic E-state index is 2.54. The molecule has 0 spiro atoms. The molecule has 2 aliphatic rings. The zero-order valence-electron chi connectivity index (χ0n) is 74.0. The van der Waals surface area contributed by atoms with Gasteiger partial charge in [0.1, 0.15) is 0 Å². The molecule has 26 aromatic rings. The molecule has 4 aromatic heterocycles. The maximum Gasteiger partial charge on any atom is 0.0640 e. The quantitative estimate of drug-likeness (QED) is 0.113. The standard InChI is InChI=1S/2C63H42N2S2/c1-63(2)52-38-55(65(40-21-7-4-8-22-40)54-32-18-30-50-45-26-14-16-34-57(45)67-62(50)54)43-24-10-12-28-47(43)58(52)59-46-27-11-9-23-42(46)51-37-41(35-36-48(51)60(59)63)64(39-19-5-3-6-20-39)53-31-17-29-49-44-25-13-15-33-56(44)66-61(49)53;1-63(2)54-38-55(65(40-19-7-4-8-20-40)43-31-34-59-53(37-43)47-24-14-16-28-57(47)67-59)45-22-10-12-26-49(45)60(54)61-48-25-11-9-21-44(48)51-35-41(29-32-50(51)62(61)63)64(39-17-5-3-6-18-39)42-30-33-58-52(36-42)46-23-13-15-27-56(46)66-58/h2*3-38H,1-2H3. The van der Waals surface area contributed by atoms with Gasteiger partial charge in [0.15, 0.2) is 0 Å². The van der Waals surface area contributed by atoms with Crippen LogP contribution < -0.4 is 19.6 Å². The smallest absolute Gasteiger partial charge is 0.0640 e. The first-order chi connectivity index (χ1) is 66.0. The van der Waals surface area contributed by atoms with Gasteiger partial charge in [-0.3, -0.25) is 0 Å². The van der Waals surface area contributed by atoms with E-state index in [9.17, 15) is 0 Å². The number of hydrogen-bond acceptors (Lipinski definition) is 8. The minimum atomic E-state index is -0.332. The van der Waals surface area contributed by atoms with E-state index >= 15 is 0 Å². The lowest BCUT2D eigenvalue weighted by atomic mass is 9.79. The summed E-state index contributed by atoms with van der Waals surface area (Å²) in [6, 6.07) is 162. The molecule has 134 heavy (non-hydrogen) atoms. The molecular weight excluding hydrogens is 1700 g/mol. The maximum absolute atomic E-state index is 2.54.